The number of ether oxygens (including phenoxy) is 3. The fraction of sp³-hybridized carbons (Fsp3) is 0.148. The van der Waals surface area contributed by atoms with Crippen molar-refractivity contribution in [2.24, 2.45) is 5.10 Å². The number of non-ortho nitro benzene ring substituents is 1. The Labute approximate surface area is 231 Å². The summed E-state index contributed by atoms with van der Waals surface area (Å²) in [6.45, 7) is 2.16. The SMILES string of the molecule is CCOc1cc(/C=N/NC(=O)COc2cccc3cccnc23)cc(I)c1OCc1cccc([N+](=O)[O-])c1. The van der Waals surface area contributed by atoms with E-state index in [2.05, 4.69) is 38.1 Å². The number of pyridine rings is 1. The van der Waals surface area contributed by atoms with E-state index in [-0.39, 0.29) is 18.9 Å². The number of hydrazone groups is 1. The second-order valence-corrected chi connectivity index (χ2v) is 9.05. The third-order valence-electron chi connectivity index (χ3n) is 5.19. The number of nitro benzene ring substituents is 1. The lowest BCUT2D eigenvalue weighted by Crippen LogP contribution is -2.24. The monoisotopic (exact) mass is 626 g/mol. The van der Waals surface area contributed by atoms with Gasteiger partial charge in [0.15, 0.2) is 18.1 Å². The number of carbonyl (C=O) groups excluding carboxylic acids is 1. The third kappa shape index (κ3) is 6.94. The highest BCUT2D eigenvalue weighted by Gasteiger charge is 2.14. The van der Waals surface area contributed by atoms with Gasteiger partial charge in [-0.25, -0.2) is 5.43 Å². The van der Waals surface area contributed by atoms with Crippen molar-refractivity contribution in [2.45, 2.75) is 13.5 Å². The number of nitro groups is 1. The highest BCUT2D eigenvalue weighted by molar-refractivity contribution is 14.1. The molecule has 0 bridgehead atoms. The Kier molecular flexibility index (Phi) is 9.03. The van der Waals surface area contributed by atoms with Crippen molar-refractivity contribution in [1.29, 1.82) is 0 Å². The number of hydrogen-bond acceptors (Lipinski definition) is 8. The van der Waals surface area contributed by atoms with Gasteiger partial charge >= 0.3 is 0 Å². The first kappa shape index (κ1) is 26.8. The van der Waals surface area contributed by atoms with E-state index in [1.54, 1.807) is 30.5 Å². The molecule has 0 atom stereocenters. The van der Waals surface area contributed by atoms with Crippen LogP contribution in [0.25, 0.3) is 10.9 Å². The Bertz CT molecular complexity index is 1490. The van der Waals surface area contributed by atoms with Gasteiger partial charge in [0, 0.05) is 23.7 Å². The molecule has 0 spiro atoms. The quantitative estimate of drug-likeness (QED) is 0.104. The van der Waals surface area contributed by atoms with Crippen LogP contribution >= 0.6 is 22.6 Å². The molecule has 0 saturated carbocycles. The fourth-order valence-electron chi connectivity index (χ4n) is 3.53. The maximum Gasteiger partial charge on any atom is 0.277 e. The number of nitrogens with zero attached hydrogens (tertiary/aromatic N) is 3. The van der Waals surface area contributed by atoms with Gasteiger partial charge < -0.3 is 14.2 Å². The maximum atomic E-state index is 12.3. The highest BCUT2D eigenvalue weighted by Crippen LogP contribution is 2.34. The number of aromatic nitrogens is 1. The van der Waals surface area contributed by atoms with Gasteiger partial charge in [-0.1, -0.05) is 30.3 Å². The molecule has 0 radical (unpaired) electrons. The Morgan fingerprint density at radius 3 is 2.71 bits per heavy atom. The molecule has 0 aliphatic heterocycles. The summed E-state index contributed by atoms with van der Waals surface area (Å²) in [5, 5.41) is 16.0. The Hall–Kier alpha value is -4.26. The smallest absolute Gasteiger partial charge is 0.277 e. The number of benzene rings is 3. The second kappa shape index (κ2) is 12.8. The van der Waals surface area contributed by atoms with E-state index in [0.29, 0.717) is 40.5 Å². The first-order valence-electron chi connectivity index (χ1n) is 11.6. The summed E-state index contributed by atoms with van der Waals surface area (Å²) < 4.78 is 18.1. The van der Waals surface area contributed by atoms with E-state index in [9.17, 15) is 14.9 Å². The van der Waals surface area contributed by atoms with Crippen LogP contribution in [0.1, 0.15) is 18.1 Å². The fourth-order valence-corrected chi connectivity index (χ4v) is 4.31. The van der Waals surface area contributed by atoms with Gasteiger partial charge in [-0.3, -0.25) is 19.9 Å². The van der Waals surface area contributed by atoms with Gasteiger partial charge in [0.05, 0.1) is 21.3 Å². The summed E-state index contributed by atoms with van der Waals surface area (Å²) in [5.74, 6) is 1.09. The Morgan fingerprint density at radius 1 is 1.08 bits per heavy atom. The zero-order chi connectivity index (χ0) is 26.9. The van der Waals surface area contributed by atoms with Crippen molar-refractivity contribution in [2.75, 3.05) is 13.2 Å². The minimum atomic E-state index is -0.446. The summed E-state index contributed by atoms with van der Waals surface area (Å²) in [6, 6.07) is 19.1. The van der Waals surface area contributed by atoms with Crippen molar-refractivity contribution in [3.8, 4) is 17.2 Å². The standard InChI is InChI=1S/C27H23IN4O6/c1-2-36-24-14-19(13-22(28)27(24)38-16-18-6-3-9-21(12-18)32(34)35)15-30-31-25(33)17-37-23-10-4-7-20-8-5-11-29-26(20)23/h3-15H,2,16-17H2,1H3,(H,31,33)/b30-15+. The van der Waals surface area contributed by atoms with Crippen LogP contribution in [0.4, 0.5) is 5.69 Å². The molecule has 3 aromatic carbocycles. The molecule has 10 nitrogen and oxygen atoms in total. The molecule has 0 aliphatic carbocycles. The van der Waals surface area contributed by atoms with Gasteiger partial charge in [0.1, 0.15) is 17.9 Å². The zero-order valence-corrected chi connectivity index (χ0v) is 22.5. The number of halogens is 1. The van der Waals surface area contributed by atoms with Crippen LogP contribution in [0.15, 0.2) is 78.0 Å². The van der Waals surface area contributed by atoms with Gasteiger partial charge in [-0.2, -0.15) is 5.10 Å². The molecule has 4 aromatic rings. The molecule has 38 heavy (non-hydrogen) atoms. The Balaban J connectivity index is 1.38. The molecule has 1 heterocycles. The van der Waals surface area contributed by atoms with Gasteiger partial charge in [0.2, 0.25) is 0 Å². The van der Waals surface area contributed by atoms with Gasteiger partial charge in [-0.15, -0.1) is 0 Å². The van der Waals surface area contributed by atoms with Crippen LogP contribution in [-0.4, -0.2) is 35.2 Å². The van der Waals surface area contributed by atoms with Crippen LogP contribution in [0, 0.1) is 13.7 Å². The van der Waals surface area contributed by atoms with E-state index in [1.807, 2.05) is 37.3 Å². The lowest BCUT2D eigenvalue weighted by atomic mass is 10.2. The molecule has 0 saturated heterocycles. The number of para-hydroxylation sites is 1. The maximum absolute atomic E-state index is 12.3. The first-order valence-corrected chi connectivity index (χ1v) is 12.6. The first-order chi connectivity index (χ1) is 18.4. The highest BCUT2D eigenvalue weighted by atomic mass is 127. The molecule has 1 amide bonds. The number of rotatable bonds is 11. The van der Waals surface area contributed by atoms with Crippen LogP contribution in [0.3, 0.4) is 0 Å². The zero-order valence-electron chi connectivity index (χ0n) is 20.3. The summed E-state index contributed by atoms with van der Waals surface area (Å²) in [7, 11) is 0. The van der Waals surface area contributed by atoms with Gasteiger partial charge in [-0.05, 0) is 64.9 Å². The second-order valence-electron chi connectivity index (χ2n) is 7.89. The molecule has 0 fully saturated rings. The minimum Gasteiger partial charge on any atom is -0.490 e. The van der Waals surface area contributed by atoms with E-state index in [4.69, 9.17) is 14.2 Å². The molecule has 1 aromatic heterocycles. The van der Waals surface area contributed by atoms with Crippen molar-refractivity contribution < 1.29 is 23.9 Å². The average Bonchev–Trinajstić information content (AvgIpc) is 2.91. The Morgan fingerprint density at radius 2 is 1.89 bits per heavy atom. The summed E-state index contributed by atoms with van der Waals surface area (Å²) in [5.41, 5.74) is 4.47. The van der Waals surface area contributed by atoms with E-state index in [1.165, 1.54) is 18.3 Å². The van der Waals surface area contributed by atoms with E-state index in [0.717, 1.165) is 8.96 Å². The molecule has 1 N–H and O–H groups in total. The minimum absolute atomic E-state index is 0.00128. The number of fused-ring (bicyclic) bond motifs is 1. The normalized spacial score (nSPS) is 10.9. The van der Waals surface area contributed by atoms with E-state index < -0.39 is 10.8 Å². The summed E-state index contributed by atoms with van der Waals surface area (Å²) in [6.07, 6.45) is 3.16. The lowest BCUT2D eigenvalue weighted by Gasteiger charge is -2.14. The number of carbonyl (C=O) groups is 1. The number of amides is 1. The predicted molar refractivity (Wildman–Crippen MR) is 151 cm³/mol. The number of hydrogen-bond donors (Lipinski definition) is 1. The van der Waals surface area contributed by atoms with Crippen molar-refractivity contribution in [1.82, 2.24) is 10.4 Å². The summed E-state index contributed by atoms with van der Waals surface area (Å²) in [4.78, 5) is 27.2. The third-order valence-corrected chi connectivity index (χ3v) is 5.99. The van der Waals surface area contributed by atoms with Crippen LogP contribution in [0.2, 0.25) is 0 Å². The molecular weight excluding hydrogens is 603 g/mol. The molecule has 4 rings (SSSR count). The van der Waals surface area contributed by atoms with Gasteiger partial charge in [0.25, 0.3) is 11.6 Å². The molecule has 0 unspecified atom stereocenters. The van der Waals surface area contributed by atoms with Crippen LogP contribution in [0.5, 0.6) is 17.2 Å². The van der Waals surface area contributed by atoms with Crippen LogP contribution < -0.4 is 19.6 Å². The van der Waals surface area contributed by atoms with Crippen LogP contribution in [-0.2, 0) is 11.4 Å². The molecule has 194 valence electrons. The molecule has 11 heteroatoms. The van der Waals surface area contributed by atoms with E-state index >= 15 is 0 Å². The lowest BCUT2D eigenvalue weighted by molar-refractivity contribution is -0.384. The van der Waals surface area contributed by atoms with Crippen molar-refractivity contribution in [3.63, 3.8) is 0 Å². The van der Waals surface area contributed by atoms with Crippen molar-refractivity contribution in [3.05, 3.63) is 97.7 Å². The topological polar surface area (TPSA) is 125 Å². The van der Waals surface area contributed by atoms with Crippen molar-refractivity contribution >= 4 is 51.3 Å². The summed E-state index contributed by atoms with van der Waals surface area (Å²) >= 11 is 2.11. The predicted octanol–water partition coefficient (Wildman–Crippen LogP) is 5.25. The number of nitrogens with one attached hydrogen (secondary N) is 1. The average molecular weight is 626 g/mol. The molecule has 0 aliphatic rings. The molecular formula is C27H23IN4O6. The largest absolute Gasteiger partial charge is 0.490 e.